The van der Waals surface area contributed by atoms with Gasteiger partial charge in [-0.1, -0.05) is 36.4 Å². The Morgan fingerprint density at radius 2 is 1.77 bits per heavy atom. The highest BCUT2D eigenvalue weighted by Crippen LogP contribution is 2.29. The number of hydrogen-bond donors (Lipinski definition) is 2. The van der Waals surface area contributed by atoms with E-state index in [1.54, 1.807) is 18.2 Å². The van der Waals surface area contributed by atoms with Gasteiger partial charge in [0.05, 0.1) is 22.5 Å². The molecule has 1 aromatic heterocycles. The summed E-state index contributed by atoms with van der Waals surface area (Å²) in [6.07, 6.45) is 1.62. The number of H-pyrrole nitrogens is 1. The number of nitrogens with two attached hydrogens (primary N) is 1. The highest BCUT2D eigenvalue weighted by molar-refractivity contribution is 7.89. The van der Waals surface area contributed by atoms with Gasteiger partial charge in [0.15, 0.2) is 0 Å². The van der Waals surface area contributed by atoms with E-state index in [1.807, 2.05) is 37.3 Å². The third kappa shape index (κ3) is 4.37. The van der Waals surface area contributed by atoms with Gasteiger partial charge in [-0.15, -0.1) is 0 Å². The molecular weight excluding hydrogens is 398 g/mol. The molecule has 0 spiro atoms. The molecule has 4 aromatic rings. The zero-order chi connectivity index (χ0) is 21.1. The molecule has 1 heterocycles. The molecule has 0 fully saturated rings. The van der Waals surface area contributed by atoms with Crippen molar-refractivity contribution < 1.29 is 13.2 Å². The molecule has 154 valence electrons. The fourth-order valence-corrected chi connectivity index (χ4v) is 4.24. The Kier molecular flexibility index (Phi) is 5.57. The summed E-state index contributed by atoms with van der Waals surface area (Å²) in [7, 11) is -3.81. The van der Waals surface area contributed by atoms with E-state index in [0.29, 0.717) is 12.2 Å². The van der Waals surface area contributed by atoms with Crippen LogP contribution >= 0.6 is 0 Å². The van der Waals surface area contributed by atoms with Crippen molar-refractivity contribution in [2.45, 2.75) is 24.7 Å². The van der Waals surface area contributed by atoms with Crippen LogP contribution in [0.25, 0.3) is 22.2 Å². The second-order valence-corrected chi connectivity index (χ2v) is 8.56. The number of hydrogen-bond acceptors (Lipinski definition) is 4. The summed E-state index contributed by atoms with van der Waals surface area (Å²) in [6, 6.07) is 20.5. The summed E-state index contributed by atoms with van der Waals surface area (Å²) in [5.41, 5.74) is 4.26. The standard InChI is InChI=1S/C23H23N3O3S/c1-2-29-18-11-7-16(8-12-18)9-14-23-25-20-13-10-17(15-21(20)26-23)19-5-3-4-6-22(19)30(24,27)28/h3-8,10-13,15H,2,9,14H2,1H3,(H,25,26)(H2,24,27,28). The lowest BCUT2D eigenvalue weighted by Gasteiger charge is -2.07. The lowest BCUT2D eigenvalue weighted by atomic mass is 10.1. The SMILES string of the molecule is CCOc1ccc(CCc2nc3ccc(-c4ccccc4S(N)(=O)=O)cc3[nH]2)cc1. The summed E-state index contributed by atoms with van der Waals surface area (Å²) in [5.74, 6) is 1.76. The first kappa shape index (κ1) is 20.1. The molecule has 0 atom stereocenters. The van der Waals surface area contributed by atoms with Crippen LogP contribution < -0.4 is 9.88 Å². The van der Waals surface area contributed by atoms with Gasteiger partial charge in [0, 0.05) is 12.0 Å². The number of primary sulfonamides is 1. The van der Waals surface area contributed by atoms with Gasteiger partial charge >= 0.3 is 0 Å². The molecule has 0 radical (unpaired) electrons. The van der Waals surface area contributed by atoms with Crippen LogP contribution in [0.4, 0.5) is 0 Å². The Labute approximate surface area is 175 Å². The number of sulfonamides is 1. The molecule has 6 nitrogen and oxygen atoms in total. The maximum atomic E-state index is 11.9. The van der Waals surface area contributed by atoms with Crippen LogP contribution in [0.1, 0.15) is 18.3 Å². The molecule has 0 aliphatic carbocycles. The first-order valence-electron chi connectivity index (χ1n) is 9.76. The van der Waals surface area contributed by atoms with Gasteiger partial charge in [-0.25, -0.2) is 18.5 Å². The monoisotopic (exact) mass is 421 g/mol. The quantitative estimate of drug-likeness (QED) is 0.470. The normalized spacial score (nSPS) is 11.7. The van der Waals surface area contributed by atoms with Gasteiger partial charge in [-0.2, -0.15) is 0 Å². The Balaban J connectivity index is 1.56. The van der Waals surface area contributed by atoms with Gasteiger partial charge < -0.3 is 9.72 Å². The van der Waals surface area contributed by atoms with Gasteiger partial charge in [-0.05, 0) is 54.8 Å². The van der Waals surface area contributed by atoms with Crippen molar-refractivity contribution in [1.82, 2.24) is 9.97 Å². The smallest absolute Gasteiger partial charge is 0.238 e. The highest BCUT2D eigenvalue weighted by atomic mass is 32.2. The van der Waals surface area contributed by atoms with E-state index in [9.17, 15) is 8.42 Å². The van der Waals surface area contributed by atoms with E-state index in [1.165, 1.54) is 11.6 Å². The average Bonchev–Trinajstić information content (AvgIpc) is 3.15. The summed E-state index contributed by atoms with van der Waals surface area (Å²) in [4.78, 5) is 8.12. The third-order valence-electron chi connectivity index (χ3n) is 4.92. The fraction of sp³-hybridized carbons (Fsp3) is 0.174. The number of nitrogens with zero attached hydrogens (tertiary/aromatic N) is 1. The predicted octanol–water partition coefficient (Wildman–Crippen LogP) is 4.06. The molecule has 0 unspecified atom stereocenters. The lowest BCUT2D eigenvalue weighted by molar-refractivity contribution is 0.340. The number of nitrogens with one attached hydrogen (secondary N) is 1. The fourth-order valence-electron chi connectivity index (χ4n) is 3.48. The number of rotatable bonds is 7. The second-order valence-electron chi connectivity index (χ2n) is 7.03. The van der Waals surface area contributed by atoms with Crippen molar-refractivity contribution in [2.75, 3.05) is 6.61 Å². The second kappa shape index (κ2) is 8.30. The molecule has 4 rings (SSSR count). The zero-order valence-electron chi connectivity index (χ0n) is 16.6. The summed E-state index contributed by atoms with van der Waals surface area (Å²) < 4.78 is 29.3. The first-order chi connectivity index (χ1) is 14.4. The molecule has 30 heavy (non-hydrogen) atoms. The van der Waals surface area contributed by atoms with Crippen LogP contribution in [0.3, 0.4) is 0 Å². The van der Waals surface area contributed by atoms with Gasteiger partial charge in [-0.3, -0.25) is 0 Å². The molecule has 7 heteroatoms. The number of fused-ring (bicyclic) bond motifs is 1. The first-order valence-corrected chi connectivity index (χ1v) is 11.3. The minimum Gasteiger partial charge on any atom is -0.494 e. The number of benzene rings is 3. The topological polar surface area (TPSA) is 98.1 Å². The predicted molar refractivity (Wildman–Crippen MR) is 118 cm³/mol. The largest absolute Gasteiger partial charge is 0.494 e. The number of imidazole rings is 1. The van der Waals surface area contributed by atoms with Gasteiger partial charge in [0.1, 0.15) is 11.6 Å². The number of aromatic nitrogens is 2. The Morgan fingerprint density at radius 1 is 1.00 bits per heavy atom. The van der Waals surface area contributed by atoms with Crippen molar-refractivity contribution in [3.05, 3.63) is 78.1 Å². The van der Waals surface area contributed by atoms with Crippen molar-refractivity contribution >= 4 is 21.1 Å². The minimum absolute atomic E-state index is 0.111. The van der Waals surface area contributed by atoms with Crippen LogP contribution in [0.2, 0.25) is 0 Å². The van der Waals surface area contributed by atoms with E-state index in [0.717, 1.165) is 41.0 Å². The molecule has 0 bridgehead atoms. The van der Waals surface area contributed by atoms with Crippen molar-refractivity contribution in [1.29, 1.82) is 0 Å². The molecule has 3 aromatic carbocycles. The summed E-state index contributed by atoms with van der Waals surface area (Å²) in [6.45, 7) is 2.62. The number of ether oxygens (including phenoxy) is 1. The van der Waals surface area contributed by atoms with Crippen LogP contribution in [0.15, 0.2) is 71.6 Å². The number of aryl methyl sites for hydroxylation is 2. The van der Waals surface area contributed by atoms with E-state index in [2.05, 4.69) is 22.1 Å². The average molecular weight is 422 g/mol. The van der Waals surface area contributed by atoms with E-state index < -0.39 is 10.0 Å². The minimum atomic E-state index is -3.81. The summed E-state index contributed by atoms with van der Waals surface area (Å²) >= 11 is 0. The van der Waals surface area contributed by atoms with Crippen molar-refractivity contribution in [3.8, 4) is 16.9 Å². The van der Waals surface area contributed by atoms with Crippen molar-refractivity contribution in [2.24, 2.45) is 5.14 Å². The van der Waals surface area contributed by atoms with Crippen LogP contribution in [0.5, 0.6) is 5.75 Å². The number of aromatic amines is 1. The van der Waals surface area contributed by atoms with Crippen LogP contribution in [-0.2, 0) is 22.9 Å². The molecule has 3 N–H and O–H groups in total. The Morgan fingerprint density at radius 3 is 2.50 bits per heavy atom. The third-order valence-corrected chi connectivity index (χ3v) is 5.89. The van der Waals surface area contributed by atoms with Gasteiger partial charge in [0.25, 0.3) is 0 Å². The molecule has 0 aliphatic rings. The molecular formula is C23H23N3O3S. The molecule has 0 aliphatic heterocycles. The van der Waals surface area contributed by atoms with Gasteiger partial charge in [0.2, 0.25) is 10.0 Å². The highest BCUT2D eigenvalue weighted by Gasteiger charge is 2.15. The van der Waals surface area contributed by atoms with E-state index in [-0.39, 0.29) is 4.90 Å². The maximum Gasteiger partial charge on any atom is 0.238 e. The van der Waals surface area contributed by atoms with Crippen LogP contribution in [0, 0.1) is 0 Å². The maximum absolute atomic E-state index is 11.9. The summed E-state index contributed by atoms with van der Waals surface area (Å²) in [5, 5.41) is 5.38. The molecule has 0 saturated heterocycles. The Bertz CT molecular complexity index is 1280. The lowest BCUT2D eigenvalue weighted by Crippen LogP contribution is -2.13. The van der Waals surface area contributed by atoms with Crippen LogP contribution in [-0.4, -0.2) is 25.0 Å². The van der Waals surface area contributed by atoms with E-state index in [4.69, 9.17) is 9.88 Å². The van der Waals surface area contributed by atoms with Crippen molar-refractivity contribution in [3.63, 3.8) is 0 Å². The van der Waals surface area contributed by atoms with E-state index >= 15 is 0 Å². The zero-order valence-corrected chi connectivity index (χ0v) is 17.4. The Hall–Kier alpha value is -3.16. The molecule has 0 amide bonds. The molecule has 0 saturated carbocycles.